The molecule has 0 aliphatic carbocycles. The average Bonchev–Trinajstić information content (AvgIpc) is 2.82. The van der Waals surface area contributed by atoms with E-state index in [0.717, 1.165) is 16.3 Å². The van der Waals surface area contributed by atoms with E-state index >= 15 is 0 Å². The van der Waals surface area contributed by atoms with Crippen LogP contribution in [0.1, 0.15) is 12.0 Å². The summed E-state index contributed by atoms with van der Waals surface area (Å²) in [4.78, 5) is 39.4. The number of aliphatic hydroxyl groups excluding tert-OH is 1. The van der Waals surface area contributed by atoms with Crippen molar-refractivity contribution in [3.63, 3.8) is 0 Å². The van der Waals surface area contributed by atoms with Gasteiger partial charge in [0.2, 0.25) is 11.8 Å². The van der Waals surface area contributed by atoms with E-state index in [1.54, 1.807) is 4.90 Å². The van der Waals surface area contributed by atoms with Gasteiger partial charge in [0.15, 0.2) is 6.04 Å². The first-order valence-corrected chi connectivity index (χ1v) is 10.3. The molecule has 1 aliphatic heterocycles. The Morgan fingerprint density at radius 2 is 1.84 bits per heavy atom. The van der Waals surface area contributed by atoms with Crippen LogP contribution in [0.3, 0.4) is 0 Å². The Kier molecular flexibility index (Phi) is 7.97. The van der Waals surface area contributed by atoms with Crippen LogP contribution in [0.25, 0.3) is 10.8 Å². The third-order valence-electron chi connectivity index (χ3n) is 5.49. The molecular weight excluding hydrogens is 400 g/mol. The molecule has 1 heterocycles. The molecule has 0 bridgehead atoms. The number of aliphatic hydroxyl groups is 1. The van der Waals surface area contributed by atoms with Crippen molar-refractivity contribution in [2.24, 2.45) is 5.92 Å². The highest BCUT2D eigenvalue weighted by Crippen LogP contribution is 2.23. The number of ether oxygens (including phenoxy) is 2. The molecule has 1 fully saturated rings. The summed E-state index contributed by atoms with van der Waals surface area (Å²) < 4.78 is 9.93. The molecule has 0 aromatic heterocycles. The molecule has 2 aromatic carbocycles. The number of morpholine rings is 1. The Labute approximate surface area is 181 Å². The maximum absolute atomic E-state index is 13.1. The van der Waals surface area contributed by atoms with Crippen molar-refractivity contribution >= 4 is 28.6 Å². The minimum Gasteiger partial charge on any atom is -0.467 e. The molecule has 2 aromatic rings. The van der Waals surface area contributed by atoms with Crippen molar-refractivity contribution in [2.75, 3.05) is 40.0 Å². The maximum atomic E-state index is 13.1. The first-order valence-electron chi connectivity index (χ1n) is 10.3. The number of hydrogen-bond acceptors (Lipinski definition) is 6. The zero-order valence-corrected chi connectivity index (χ0v) is 17.6. The number of nitrogens with zero attached hydrogens (tertiary/aromatic N) is 1. The van der Waals surface area contributed by atoms with Gasteiger partial charge in [-0.15, -0.1) is 0 Å². The number of fused-ring (bicyclic) bond motifs is 1. The van der Waals surface area contributed by atoms with Gasteiger partial charge in [0.05, 0.1) is 32.8 Å². The topological polar surface area (TPSA) is 105 Å². The second kappa shape index (κ2) is 10.9. The van der Waals surface area contributed by atoms with Crippen molar-refractivity contribution in [1.82, 2.24) is 10.2 Å². The SMILES string of the molecule is COC(=O)[C@H](CO)NC(=O)C(CC(=O)N1CCOCC1)Cc1cccc2ccccc12. The molecule has 31 heavy (non-hydrogen) atoms. The third kappa shape index (κ3) is 5.80. The molecule has 8 heteroatoms. The molecule has 1 aliphatic rings. The highest BCUT2D eigenvalue weighted by Gasteiger charge is 2.30. The largest absolute Gasteiger partial charge is 0.467 e. The van der Waals surface area contributed by atoms with Gasteiger partial charge in [-0.2, -0.15) is 0 Å². The molecule has 1 unspecified atom stereocenters. The molecule has 0 saturated carbocycles. The lowest BCUT2D eigenvalue weighted by Crippen LogP contribution is -2.48. The molecule has 0 spiro atoms. The van der Waals surface area contributed by atoms with Crippen LogP contribution in [0.5, 0.6) is 0 Å². The van der Waals surface area contributed by atoms with E-state index < -0.39 is 30.4 Å². The van der Waals surface area contributed by atoms with Gasteiger partial charge in [0.25, 0.3) is 0 Å². The minimum absolute atomic E-state index is 0.00558. The van der Waals surface area contributed by atoms with Gasteiger partial charge in [-0.05, 0) is 22.8 Å². The number of carbonyl (C=O) groups is 3. The molecule has 2 N–H and O–H groups in total. The fourth-order valence-electron chi connectivity index (χ4n) is 3.76. The van der Waals surface area contributed by atoms with E-state index in [0.29, 0.717) is 32.7 Å². The van der Waals surface area contributed by atoms with Crippen LogP contribution in [0.15, 0.2) is 42.5 Å². The zero-order valence-electron chi connectivity index (χ0n) is 17.6. The molecule has 166 valence electrons. The lowest BCUT2D eigenvalue weighted by Gasteiger charge is -2.28. The summed E-state index contributed by atoms with van der Waals surface area (Å²) in [6.07, 6.45) is 0.316. The van der Waals surface area contributed by atoms with E-state index in [2.05, 4.69) is 10.1 Å². The zero-order chi connectivity index (χ0) is 22.2. The number of nitrogens with one attached hydrogen (secondary N) is 1. The molecule has 3 rings (SSSR count). The van der Waals surface area contributed by atoms with Gasteiger partial charge in [-0.3, -0.25) is 9.59 Å². The van der Waals surface area contributed by atoms with E-state index in [1.807, 2.05) is 42.5 Å². The first-order chi connectivity index (χ1) is 15.0. The van der Waals surface area contributed by atoms with Crippen molar-refractivity contribution in [1.29, 1.82) is 0 Å². The standard InChI is InChI=1S/C23H28N2O6/c1-30-23(29)20(15-26)24-22(28)18(14-21(27)25-9-11-31-12-10-25)13-17-7-4-6-16-5-2-3-8-19(16)17/h2-8,18,20,26H,9-15H2,1H3,(H,24,28)/t18?,20-/m0/s1. The number of amides is 2. The smallest absolute Gasteiger partial charge is 0.330 e. The van der Waals surface area contributed by atoms with Crippen LogP contribution in [0.4, 0.5) is 0 Å². The summed E-state index contributed by atoms with van der Waals surface area (Å²) in [5.41, 5.74) is 0.937. The number of methoxy groups -OCH3 is 1. The molecule has 0 radical (unpaired) electrons. The van der Waals surface area contributed by atoms with E-state index in [1.165, 1.54) is 7.11 Å². The summed E-state index contributed by atoms with van der Waals surface area (Å²) in [6.45, 7) is 1.34. The molecule has 8 nitrogen and oxygen atoms in total. The highest BCUT2D eigenvalue weighted by molar-refractivity contribution is 5.91. The van der Waals surface area contributed by atoms with Crippen molar-refractivity contribution in [3.8, 4) is 0 Å². The second-order valence-electron chi connectivity index (χ2n) is 7.50. The van der Waals surface area contributed by atoms with E-state index in [-0.39, 0.29) is 12.3 Å². The van der Waals surface area contributed by atoms with Crippen LogP contribution >= 0.6 is 0 Å². The Bertz CT molecular complexity index is 920. The Balaban J connectivity index is 1.83. The summed E-state index contributed by atoms with van der Waals surface area (Å²) in [5.74, 6) is -2.06. The second-order valence-corrected chi connectivity index (χ2v) is 7.50. The van der Waals surface area contributed by atoms with Crippen LogP contribution in [0.2, 0.25) is 0 Å². The predicted octanol–water partition coefficient (Wildman–Crippen LogP) is 0.898. The van der Waals surface area contributed by atoms with Gasteiger partial charge in [0.1, 0.15) is 0 Å². The number of rotatable bonds is 8. The fourth-order valence-corrected chi connectivity index (χ4v) is 3.76. The van der Waals surface area contributed by atoms with Crippen molar-refractivity contribution in [2.45, 2.75) is 18.9 Å². The highest BCUT2D eigenvalue weighted by atomic mass is 16.5. The molecular formula is C23H28N2O6. The van der Waals surface area contributed by atoms with Gasteiger partial charge < -0.3 is 24.8 Å². The van der Waals surface area contributed by atoms with Crippen LogP contribution in [0, 0.1) is 5.92 Å². The van der Waals surface area contributed by atoms with Gasteiger partial charge in [-0.25, -0.2) is 4.79 Å². The quantitative estimate of drug-likeness (QED) is 0.606. The normalized spacial score (nSPS) is 15.9. The minimum atomic E-state index is -1.17. The number of hydrogen-bond donors (Lipinski definition) is 2. The molecule has 1 saturated heterocycles. The van der Waals surface area contributed by atoms with Gasteiger partial charge in [-0.1, -0.05) is 42.5 Å². The number of carbonyl (C=O) groups excluding carboxylic acids is 3. The Morgan fingerprint density at radius 1 is 1.13 bits per heavy atom. The van der Waals surface area contributed by atoms with Crippen LogP contribution < -0.4 is 5.32 Å². The maximum Gasteiger partial charge on any atom is 0.330 e. The lowest BCUT2D eigenvalue weighted by atomic mass is 9.91. The summed E-state index contributed by atoms with van der Waals surface area (Å²) >= 11 is 0. The molecule has 2 atom stereocenters. The average molecular weight is 428 g/mol. The van der Waals surface area contributed by atoms with E-state index in [9.17, 15) is 19.5 Å². The lowest BCUT2D eigenvalue weighted by molar-refractivity contribution is -0.147. The van der Waals surface area contributed by atoms with Gasteiger partial charge >= 0.3 is 5.97 Å². The molecule has 2 amide bonds. The predicted molar refractivity (Wildman–Crippen MR) is 114 cm³/mol. The summed E-state index contributed by atoms with van der Waals surface area (Å²) in [7, 11) is 1.19. The number of benzene rings is 2. The van der Waals surface area contributed by atoms with Crippen molar-refractivity contribution < 1.29 is 29.0 Å². The summed E-state index contributed by atoms with van der Waals surface area (Å²) in [6, 6.07) is 12.5. The van der Waals surface area contributed by atoms with Crippen molar-refractivity contribution in [3.05, 3.63) is 48.0 Å². The number of esters is 1. The van der Waals surface area contributed by atoms with E-state index in [4.69, 9.17) is 4.74 Å². The fraction of sp³-hybridized carbons (Fsp3) is 0.435. The van der Waals surface area contributed by atoms with Crippen LogP contribution in [-0.2, 0) is 30.3 Å². The third-order valence-corrected chi connectivity index (χ3v) is 5.49. The first kappa shape index (κ1) is 22.7. The Hall–Kier alpha value is -2.97. The van der Waals surface area contributed by atoms with Gasteiger partial charge in [0, 0.05) is 19.5 Å². The van der Waals surface area contributed by atoms with Crippen LogP contribution in [-0.4, -0.2) is 73.9 Å². The Morgan fingerprint density at radius 3 is 2.55 bits per heavy atom. The summed E-state index contributed by atoms with van der Waals surface area (Å²) in [5, 5.41) is 14.1. The monoisotopic (exact) mass is 428 g/mol.